The Morgan fingerprint density at radius 3 is 2.21 bits per heavy atom. The van der Waals surface area contributed by atoms with Crippen molar-refractivity contribution < 1.29 is 4.74 Å². The maximum Gasteiger partial charge on any atom is 0.130 e. The maximum atomic E-state index is 5.91. The molecular weight excluding hydrogens is 236 g/mol. The van der Waals surface area contributed by atoms with Crippen molar-refractivity contribution in [2.24, 2.45) is 5.92 Å². The molecule has 0 bridgehead atoms. The zero-order valence-corrected chi connectivity index (χ0v) is 11.4. The van der Waals surface area contributed by atoms with E-state index in [1.165, 1.54) is 0 Å². The van der Waals surface area contributed by atoms with E-state index in [9.17, 15) is 0 Å². The summed E-state index contributed by atoms with van der Waals surface area (Å²) >= 11 is 0. The summed E-state index contributed by atoms with van der Waals surface area (Å²) in [5.41, 5.74) is 14.1. The van der Waals surface area contributed by atoms with Crippen LogP contribution in [0.2, 0.25) is 0 Å². The third-order valence-electron chi connectivity index (χ3n) is 2.82. The van der Waals surface area contributed by atoms with E-state index in [0.29, 0.717) is 5.92 Å². The fourth-order valence-corrected chi connectivity index (χ4v) is 1.96. The number of rotatable bonds is 4. The SMILES string of the molecule is CC(C)Cc1cc(N)ccc1Oc1ccc(N)cc1. The van der Waals surface area contributed by atoms with Gasteiger partial charge in [0.25, 0.3) is 0 Å². The average molecular weight is 256 g/mol. The molecule has 0 saturated heterocycles. The van der Waals surface area contributed by atoms with Gasteiger partial charge in [0.05, 0.1) is 0 Å². The monoisotopic (exact) mass is 256 g/mol. The summed E-state index contributed by atoms with van der Waals surface area (Å²) in [5.74, 6) is 2.19. The molecule has 0 aliphatic rings. The van der Waals surface area contributed by atoms with Crippen LogP contribution in [-0.2, 0) is 6.42 Å². The van der Waals surface area contributed by atoms with Crippen molar-refractivity contribution in [3.8, 4) is 11.5 Å². The van der Waals surface area contributed by atoms with Gasteiger partial charge in [0.15, 0.2) is 0 Å². The zero-order chi connectivity index (χ0) is 13.8. The molecule has 0 aliphatic heterocycles. The molecule has 100 valence electrons. The first-order valence-corrected chi connectivity index (χ1v) is 6.46. The second kappa shape index (κ2) is 5.65. The van der Waals surface area contributed by atoms with Gasteiger partial charge in [0.1, 0.15) is 11.5 Å². The Labute approximate surface area is 114 Å². The number of nitrogens with two attached hydrogens (primary N) is 2. The van der Waals surface area contributed by atoms with Crippen molar-refractivity contribution in [3.63, 3.8) is 0 Å². The smallest absolute Gasteiger partial charge is 0.130 e. The minimum absolute atomic E-state index is 0.551. The molecule has 3 heteroatoms. The molecule has 0 spiro atoms. The van der Waals surface area contributed by atoms with Crippen LogP contribution in [0.5, 0.6) is 11.5 Å². The summed E-state index contributed by atoms with van der Waals surface area (Å²) in [6, 6.07) is 13.1. The molecular formula is C16H20N2O. The van der Waals surface area contributed by atoms with Gasteiger partial charge in [0.2, 0.25) is 0 Å². The van der Waals surface area contributed by atoms with E-state index in [4.69, 9.17) is 16.2 Å². The van der Waals surface area contributed by atoms with Crippen LogP contribution in [0.4, 0.5) is 11.4 Å². The molecule has 4 N–H and O–H groups in total. The molecule has 2 aromatic carbocycles. The molecule has 0 unspecified atom stereocenters. The molecule has 0 radical (unpaired) electrons. The molecule has 2 rings (SSSR count). The highest BCUT2D eigenvalue weighted by Gasteiger charge is 2.08. The zero-order valence-electron chi connectivity index (χ0n) is 11.4. The number of ether oxygens (including phenoxy) is 1. The van der Waals surface area contributed by atoms with Crippen LogP contribution in [0.15, 0.2) is 42.5 Å². The molecule has 0 amide bonds. The standard InChI is InChI=1S/C16H20N2O/c1-11(2)9-12-10-14(18)5-8-16(12)19-15-6-3-13(17)4-7-15/h3-8,10-11H,9,17-18H2,1-2H3. The van der Waals surface area contributed by atoms with Gasteiger partial charge < -0.3 is 16.2 Å². The molecule has 0 heterocycles. The van der Waals surface area contributed by atoms with E-state index in [0.717, 1.165) is 34.9 Å². The average Bonchev–Trinajstić information content (AvgIpc) is 2.34. The van der Waals surface area contributed by atoms with Gasteiger partial charge >= 0.3 is 0 Å². The number of nitrogen functional groups attached to an aromatic ring is 2. The maximum absolute atomic E-state index is 5.91. The Hall–Kier alpha value is -2.16. The lowest BCUT2D eigenvalue weighted by Gasteiger charge is -2.13. The summed E-state index contributed by atoms with van der Waals surface area (Å²) in [6.07, 6.45) is 0.940. The lowest BCUT2D eigenvalue weighted by atomic mass is 10.0. The van der Waals surface area contributed by atoms with Gasteiger partial charge in [0, 0.05) is 11.4 Å². The fraction of sp³-hybridized carbons (Fsp3) is 0.250. The Morgan fingerprint density at radius 2 is 1.58 bits per heavy atom. The summed E-state index contributed by atoms with van der Waals surface area (Å²) in [6.45, 7) is 4.35. The van der Waals surface area contributed by atoms with Crippen molar-refractivity contribution >= 4 is 11.4 Å². The third kappa shape index (κ3) is 3.65. The van der Waals surface area contributed by atoms with E-state index >= 15 is 0 Å². The van der Waals surface area contributed by atoms with Gasteiger partial charge in [-0.15, -0.1) is 0 Å². The number of hydrogen-bond acceptors (Lipinski definition) is 3. The van der Waals surface area contributed by atoms with Crippen molar-refractivity contribution in [2.75, 3.05) is 11.5 Å². The minimum Gasteiger partial charge on any atom is -0.457 e. The van der Waals surface area contributed by atoms with E-state index < -0.39 is 0 Å². The van der Waals surface area contributed by atoms with Gasteiger partial charge in [-0.1, -0.05) is 13.8 Å². The highest BCUT2D eigenvalue weighted by atomic mass is 16.5. The highest BCUT2D eigenvalue weighted by molar-refractivity contribution is 5.50. The van der Waals surface area contributed by atoms with Gasteiger partial charge in [-0.2, -0.15) is 0 Å². The van der Waals surface area contributed by atoms with E-state index in [2.05, 4.69) is 13.8 Å². The van der Waals surface area contributed by atoms with Gasteiger partial charge in [-0.3, -0.25) is 0 Å². The van der Waals surface area contributed by atoms with Crippen LogP contribution in [0, 0.1) is 5.92 Å². The molecule has 2 aromatic rings. The Kier molecular flexibility index (Phi) is 3.95. The van der Waals surface area contributed by atoms with Crippen molar-refractivity contribution in [2.45, 2.75) is 20.3 Å². The van der Waals surface area contributed by atoms with E-state index in [-0.39, 0.29) is 0 Å². The van der Waals surface area contributed by atoms with E-state index in [1.807, 2.05) is 42.5 Å². The van der Waals surface area contributed by atoms with Gasteiger partial charge in [-0.05, 0) is 60.4 Å². The first-order valence-electron chi connectivity index (χ1n) is 6.46. The summed E-state index contributed by atoms with van der Waals surface area (Å²) in [7, 11) is 0. The highest BCUT2D eigenvalue weighted by Crippen LogP contribution is 2.29. The first kappa shape index (κ1) is 13.3. The fourth-order valence-electron chi connectivity index (χ4n) is 1.96. The predicted molar refractivity (Wildman–Crippen MR) is 80.3 cm³/mol. The van der Waals surface area contributed by atoms with Crippen LogP contribution in [0.25, 0.3) is 0 Å². The Bertz CT molecular complexity index is 547. The second-order valence-corrected chi connectivity index (χ2v) is 5.14. The molecule has 0 saturated carbocycles. The van der Waals surface area contributed by atoms with E-state index in [1.54, 1.807) is 0 Å². The van der Waals surface area contributed by atoms with Crippen LogP contribution in [0.1, 0.15) is 19.4 Å². The second-order valence-electron chi connectivity index (χ2n) is 5.14. The molecule has 0 atom stereocenters. The molecule has 3 nitrogen and oxygen atoms in total. The van der Waals surface area contributed by atoms with Crippen molar-refractivity contribution in [1.82, 2.24) is 0 Å². The van der Waals surface area contributed by atoms with Crippen LogP contribution in [-0.4, -0.2) is 0 Å². The first-order chi connectivity index (χ1) is 9.04. The third-order valence-corrected chi connectivity index (χ3v) is 2.82. The lowest BCUT2D eigenvalue weighted by molar-refractivity contribution is 0.471. The Morgan fingerprint density at radius 1 is 0.947 bits per heavy atom. The van der Waals surface area contributed by atoms with Crippen LogP contribution in [0.3, 0.4) is 0 Å². The quantitative estimate of drug-likeness (QED) is 0.817. The molecule has 19 heavy (non-hydrogen) atoms. The van der Waals surface area contributed by atoms with Crippen molar-refractivity contribution in [3.05, 3.63) is 48.0 Å². The number of hydrogen-bond donors (Lipinski definition) is 2. The summed E-state index contributed by atoms with van der Waals surface area (Å²) in [5, 5.41) is 0. The molecule has 0 aromatic heterocycles. The largest absolute Gasteiger partial charge is 0.457 e. The van der Waals surface area contributed by atoms with Gasteiger partial charge in [-0.25, -0.2) is 0 Å². The minimum atomic E-state index is 0.551. The van der Waals surface area contributed by atoms with Crippen molar-refractivity contribution in [1.29, 1.82) is 0 Å². The topological polar surface area (TPSA) is 61.3 Å². The molecule has 0 fully saturated rings. The molecule has 0 aliphatic carbocycles. The summed E-state index contributed by atoms with van der Waals surface area (Å²) in [4.78, 5) is 0. The lowest BCUT2D eigenvalue weighted by Crippen LogP contribution is -1.99. The number of anilines is 2. The Balaban J connectivity index is 2.26. The summed E-state index contributed by atoms with van der Waals surface area (Å²) < 4.78 is 5.91. The van der Waals surface area contributed by atoms with Crippen LogP contribution >= 0.6 is 0 Å². The normalized spacial score (nSPS) is 10.7. The number of benzene rings is 2. The van der Waals surface area contributed by atoms with Crippen LogP contribution < -0.4 is 16.2 Å². The predicted octanol–water partition coefficient (Wildman–Crippen LogP) is 3.84.